The molecule has 0 aromatic carbocycles. The third-order valence-electron chi connectivity index (χ3n) is 3.70. The molecule has 98 valence electrons. The van der Waals surface area contributed by atoms with Crippen LogP contribution in [-0.4, -0.2) is 36.3 Å². The molecule has 1 N–H and O–H groups in total. The predicted molar refractivity (Wildman–Crippen MR) is 65.2 cm³/mol. The fourth-order valence-electron chi connectivity index (χ4n) is 2.39. The van der Waals surface area contributed by atoms with Crippen molar-refractivity contribution in [3.8, 4) is 11.4 Å². The van der Waals surface area contributed by atoms with E-state index in [2.05, 4.69) is 20.5 Å². The molecule has 7 nitrogen and oxygen atoms in total. The van der Waals surface area contributed by atoms with Crippen LogP contribution in [0.3, 0.4) is 0 Å². The minimum absolute atomic E-state index is 0.465. The Morgan fingerprint density at radius 2 is 2.26 bits per heavy atom. The van der Waals surface area contributed by atoms with Gasteiger partial charge in [-0.3, -0.25) is 4.98 Å². The number of carboxylic acid groups (broad SMARTS) is 1. The van der Waals surface area contributed by atoms with E-state index in [4.69, 9.17) is 0 Å². The molecular formula is C12H13N5O2. The van der Waals surface area contributed by atoms with Crippen molar-refractivity contribution in [1.29, 1.82) is 0 Å². The van der Waals surface area contributed by atoms with Crippen LogP contribution in [0.5, 0.6) is 0 Å². The quantitative estimate of drug-likeness (QED) is 0.884. The maximum atomic E-state index is 11.5. The van der Waals surface area contributed by atoms with Gasteiger partial charge in [0.05, 0.1) is 0 Å². The minimum Gasteiger partial charge on any atom is -0.479 e. The third-order valence-corrected chi connectivity index (χ3v) is 3.70. The second-order valence-electron chi connectivity index (χ2n) is 4.74. The molecule has 0 bridgehead atoms. The lowest BCUT2D eigenvalue weighted by atomic mass is 9.76. The van der Waals surface area contributed by atoms with E-state index in [1.807, 2.05) is 13.0 Å². The molecule has 0 spiro atoms. The highest BCUT2D eigenvalue weighted by Gasteiger charge is 2.49. The summed E-state index contributed by atoms with van der Waals surface area (Å²) in [7, 11) is 0. The number of aromatic nitrogens is 5. The Morgan fingerprint density at radius 1 is 1.47 bits per heavy atom. The molecule has 0 aliphatic heterocycles. The van der Waals surface area contributed by atoms with Crippen LogP contribution in [0, 0.1) is 6.92 Å². The zero-order valence-electron chi connectivity index (χ0n) is 10.4. The van der Waals surface area contributed by atoms with Gasteiger partial charge in [0.1, 0.15) is 0 Å². The normalized spacial score (nSPS) is 16.9. The summed E-state index contributed by atoms with van der Waals surface area (Å²) in [5, 5.41) is 21.0. The number of aliphatic carboxylic acids is 1. The average molecular weight is 259 g/mol. The first kappa shape index (κ1) is 11.8. The predicted octanol–water partition coefficient (Wildman–Crippen LogP) is 1.01. The Bertz CT molecular complexity index is 633. The Kier molecular flexibility index (Phi) is 2.55. The first-order valence-electron chi connectivity index (χ1n) is 6.09. The summed E-state index contributed by atoms with van der Waals surface area (Å²) in [6.07, 6.45) is 3.67. The molecule has 0 unspecified atom stereocenters. The number of nitrogens with zero attached hydrogens (tertiary/aromatic N) is 5. The van der Waals surface area contributed by atoms with E-state index >= 15 is 0 Å². The van der Waals surface area contributed by atoms with Crippen LogP contribution in [0.4, 0.5) is 0 Å². The highest BCUT2D eigenvalue weighted by atomic mass is 16.4. The molecule has 2 aromatic heterocycles. The van der Waals surface area contributed by atoms with Crippen molar-refractivity contribution in [3.63, 3.8) is 0 Å². The first-order valence-corrected chi connectivity index (χ1v) is 6.09. The van der Waals surface area contributed by atoms with Gasteiger partial charge in [-0.15, -0.1) is 5.10 Å². The molecule has 1 aliphatic rings. The van der Waals surface area contributed by atoms with Crippen molar-refractivity contribution in [1.82, 2.24) is 25.2 Å². The molecule has 1 fully saturated rings. The molecule has 3 rings (SSSR count). The summed E-state index contributed by atoms with van der Waals surface area (Å²) in [5.74, 6) is -0.415. The SMILES string of the molecule is Cc1ncccc1-c1nnnn1C1(C(=O)O)CCC1. The van der Waals surface area contributed by atoms with Gasteiger partial charge in [0.15, 0.2) is 11.4 Å². The molecule has 0 atom stereocenters. The molecule has 0 radical (unpaired) electrons. The second kappa shape index (κ2) is 4.11. The summed E-state index contributed by atoms with van der Waals surface area (Å²) in [4.78, 5) is 15.7. The van der Waals surface area contributed by atoms with Gasteiger partial charge in [-0.2, -0.15) is 0 Å². The monoisotopic (exact) mass is 259 g/mol. The fourth-order valence-corrected chi connectivity index (χ4v) is 2.39. The lowest BCUT2D eigenvalue weighted by Gasteiger charge is -2.37. The second-order valence-corrected chi connectivity index (χ2v) is 4.74. The van der Waals surface area contributed by atoms with Gasteiger partial charge in [0, 0.05) is 17.5 Å². The van der Waals surface area contributed by atoms with Crippen molar-refractivity contribution in [2.75, 3.05) is 0 Å². The number of rotatable bonds is 3. The summed E-state index contributed by atoms with van der Waals surface area (Å²) in [6, 6.07) is 3.63. The van der Waals surface area contributed by atoms with Gasteiger partial charge in [0.2, 0.25) is 0 Å². The number of carboxylic acids is 1. The Labute approximate surface area is 109 Å². The molecule has 1 aliphatic carbocycles. The van der Waals surface area contributed by atoms with Gasteiger partial charge in [-0.25, -0.2) is 9.48 Å². The van der Waals surface area contributed by atoms with Crippen molar-refractivity contribution >= 4 is 5.97 Å². The van der Waals surface area contributed by atoms with E-state index in [-0.39, 0.29) is 0 Å². The largest absolute Gasteiger partial charge is 0.479 e. The molecule has 0 amide bonds. The van der Waals surface area contributed by atoms with Gasteiger partial charge >= 0.3 is 5.97 Å². The highest BCUT2D eigenvalue weighted by Crippen LogP contribution is 2.41. The topological polar surface area (TPSA) is 93.8 Å². The van der Waals surface area contributed by atoms with Gasteiger partial charge in [-0.05, 0) is 48.7 Å². The van der Waals surface area contributed by atoms with Crippen molar-refractivity contribution < 1.29 is 9.90 Å². The lowest BCUT2D eigenvalue weighted by Crippen LogP contribution is -2.48. The zero-order valence-corrected chi connectivity index (χ0v) is 10.4. The van der Waals surface area contributed by atoms with Crippen LogP contribution >= 0.6 is 0 Å². The number of carbonyl (C=O) groups is 1. The average Bonchev–Trinajstić information content (AvgIpc) is 2.77. The van der Waals surface area contributed by atoms with Crippen LogP contribution in [0.1, 0.15) is 25.0 Å². The summed E-state index contributed by atoms with van der Waals surface area (Å²) < 4.78 is 1.43. The maximum absolute atomic E-state index is 11.5. The molecule has 0 saturated heterocycles. The van der Waals surface area contributed by atoms with Crippen LogP contribution in [-0.2, 0) is 10.3 Å². The Hall–Kier alpha value is -2.31. The van der Waals surface area contributed by atoms with Crippen LogP contribution in [0.2, 0.25) is 0 Å². The van der Waals surface area contributed by atoms with E-state index in [0.29, 0.717) is 18.7 Å². The summed E-state index contributed by atoms with van der Waals surface area (Å²) in [5.41, 5.74) is 0.541. The van der Waals surface area contributed by atoms with E-state index in [1.54, 1.807) is 12.3 Å². The molecule has 7 heteroatoms. The van der Waals surface area contributed by atoms with E-state index in [9.17, 15) is 9.90 Å². The standard InChI is InChI=1S/C12H13N5O2/c1-8-9(4-2-7-13-8)10-14-15-16-17(10)12(11(18)19)5-3-6-12/h2,4,7H,3,5-6H2,1H3,(H,18,19). The van der Waals surface area contributed by atoms with Gasteiger partial charge < -0.3 is 5.11 Å². The van der Waals surface area contributed by atoms with E-state index < -0.39 is 11.5 Å². The number of aryl methyl sites for hydroxylation is 1. The summed E-state index contributed by atoms with van der Waals surface area (Å²) >= 11 is 0. The number of hydrogen-bond donors (Lipinski definition) is 1. The highest BCUT2D eigenvalue weighted by molar-refractivity contribution is 5.78. The third kappa shape index (κ3) is 1.61. The minimum atomic E-state index is -0.999. The smallest absolute Gasteiger partial charge is 0.331 e. The molecule has 2 aromatic rings. The maximum Gasteiger partial charge on any atom is 0.331 e. The van der Waals surface area contributed by atoms with Crippen LogP contribution < -0.4 is 0 Å². The number of tetrazole rings is 1. The summed E-state index contributed by atoms with van der Waals surface area (Å²) in [6.45, 7) is 1.85. The zero-order chi connectivity index (χ0) is 13.5. The Balaban J connectivity index is 2.14. The van der Waals surface area contributed by atoms with Crippen molar-refractivity contribution in [2.45, 2.75) is 31.7 Å². The van der Waals surface area contributed by atoms with Crippen LogP contribution in [0.25, 0.3) is 11.4 Å². The molecule has 2 heterocycles. The Morgan fingerprint density at radius 3 is 2.84 bits per heavy atom. The van der Waals surface area contributed by atoms with E-state index in [0.717, 1.165) is 17.7 Å². The molecule has 1 saturated carbocycles. The molecular weight excluding hydrogens is 246 g/mol. The van der Waals surface area contributed by atoms with Crippen molar-refractivity contribution in [2.24, 2.45) is 0 Å². The van der Waals surface area contributed by atoms with E-state index in [1.165, 1.54) is 4.68 Å². The fraction of sp³-hybridized carbons (Fsp3) is 0.417. The first-order chi connectivity index (χ1) is 9.15. The van der Waals surface area contributed by atoms with Gasteiger partial charge in [0.25, 0.3) is 0 Å². The lowest BCUT2D eigenvalue weighted by molar-refractivity contribution is -0.153. The van der Waals surface area contributed by atoms with Crippen LogP contribution in [0.15, 0.2) is 18.3 Å². The number of hydrogen-bond acceptors (Lipinski definition) is 5. The van der Waals surface area contributed by atoms with Crippen molar-refractivity contribution in [3.05, 3.63) is 24.0 Å². The van der Waals surface area contributed by atoms with Gasteiger partial charge in [-0.1, -0.05) is 0 Å². The molecule has 19 heavy (non-hydrogen) atoms. The number of pyridine rings is 1.